The number of hydrogen-bond acceptors (Lipinski definition) is 6. The van der Waals surface area contributed by atoms with Crippen LogP contribution in [0.15, 0.2) is 55.6 Å². The van der Waals surface area contributed by atoms with E-state index < -0.39 is 5.97 Å². The smallest absolute Gasteiger partial charge is 0.308 e. The molecule has 0 saturated carbocycles. The molecule has 144 valence electrons. The molecule has 3 rings (SSSR count). The van der Waals surface area contributed by atoms with Crippen LogP contribution in [-0.2, 0) is 9.59 Å². The first-order valence-corrected chi connectivity index (χ1v) is 10.6. The summed E-state index contributed by atoms with van der Waals surface area (Å²) in [6, 6.07) is 11.1. The lowest BCUT2D eigenvalue weighted by atomic mass is 10.2. The molecule has 1 amide bonds. The van der Waals surface area contributed by atoms with Gasteiger partial charge in [0.1, 0.15) is 0 Å². The number of para-hydroxylation sites is 2. The molecule has 0 spiro atoms. The number of amides is 1. The van der Waals surface area contributed by atoms with Crippen molar-refractivity contribution in [3.05, 3.63) is 50.9 Å². The SMILES string of the molecule is CC(=O)Oc1c(Br)cc(/C=N\NC(=O)CSc2nc3ccccc3[nH]2)cc1Br. The Labute approximate surface area is 181 Å². The third-order valence-corrected chi connectivity index (χ3v) is 5.43. The molecule has 0 saturated heterocycles. The number of aromatic amines is 1. The third kappa shape index (κ3) is 5.43. The Morgan fingerprint density at radius 2 is 2.00 bits per heavy atom. The van der Waals surface area contributed by atoms with Crippen molar-refractivity contribution in [1.82, 2.24) is 15.4 Å². The van der Waals surface area contributed by atoms with Crippen LogP contribution in [0.4, 0.5) is 0 Å². The molecule has 28 heavy (non-hydrogen) atoms. The summed E-state index contributed by atoms with van der Waals surface area (Å²) < 4.78 is 6.29. The highest BCUT2D eigenvalue weighted by Crippen LogP contribution is 2.34. The molecule has 1 aromatic heterocycles. The van der Waals surface area contributed by atoms with Crippen LogP contribution in [0.1, 0.15) is 12.5 Å². The first kappa shape index (κ1) is 20.6. The number of nitrogens with zero attached hydrogens (tertiary/aromatic N) is 2. The van der Waals surface area contributed by atoms with Gasteiger partial charge in [-0.15, -0.1) is 0 Å². The zero-order chi connectivity index (χ0) is 20.1. The van der Waals surface area contributed by atoms with Gasteiger partial charge in [-0.1, -0.05) is 23.9 Å². The molecule has 0 aliphatic carbocycles. The van der Waals surface area contributed by atoms with Crippen molar-refractivity contribution in [1.29, 1.82) is 0 Å². The third-order valence-electron chi connectivity index (χ3n) is 3.38. The van der Waals surface area contributed by atoms with Crippen molar-refractivity contribution < 1.29 is 14.3 Å². The highest BCUT2D eigenvalue weighted by Gasteiger charge is 2.11. The van der Waals surface area contributed by atoms with Gasteiger partial charge in [0.05, 0.1) is 31.9 Å². The number of fused-ring (bicyclic) bond motifs is 1. The van der Waals surface area contributed by atoms with E-state index >= 15 is 0 Å². The second-order valence-electron chi connectivity index (χ2n) is 5.55. The van der Waals surface area contributed by atoms with Gasteiger partial charge >= 0.3 is 5.97 Å². The Morgan fingerprint density at radius 1 is 1.29 bits per heavy atom. The van der Waals surface area contributed by atoms with E-state index in [9.17, 15) is 9.59 Å². The Kier molecular flexibility index (Phi) is 6.87. The molecule has 3 aromatic rings. The Hall–Kier alpha value is -2.17. The number of ether oxygens (including phenoxy) is 1. The maximum Gasteiger partial charge on any atom is 0.308 e. The standard InChI is InChI=1S/C18H14Br2N4O3S/c1-10(25)27-17-12(19)6-11(7-13(17)20)8-21-24-16(26)9-28-18-22-14-4-2-3-5-15(14)23-18/h2-8H,9H2,1H3,(H,22,23)(H,24,26)/b21-8-. The Bertz CT molecular complexity index is 1010. The molecule has 0 atom stereocenters. The lowest BCUT2D eigenvalue weighted by Gasteiger charge is -2.07. The van der Waals surface area contributed by atoms with Gasteiger partial charge in [-0.3, -0.25) is 9.59 Å². The van der Waals surface area contributed by atoms with Crippen LogP contribution >= 0.6 is 43.6 Å². The molecule has 2 aromatic carbocycles. The van der Waals surface area contributed by atoms with E-state index in [1.807, 2.05) is 24.3 Å². The van der Waals surface area contributed by atoms with E-state index in [0.29, 0.717) is 25.4 Å². The number of thioether (sulfide) groups is 1. The van der Waals surface area contributed by atoms with Gasteiger partial charge in [0.25, 0.3) is 5.91 Å². The van der Waals surface area contributed by atoms with Crippen LogP contribution < -0.4 is 10.2 Å². The van der Waals surface area contributed by atoms with Crippen LogP contribution in [0.2, 0.25) is 0 Å². The summed E-state index contributed by atoms with van der Waals surface area (Å²) in [7, 11) is 0. The zero-order valence-electron chi connectivity index (χ0n) is 14.5. The van der Waals surface area contributed by atoms with E-state index in [2.05, 4.69) is 52.4 Å². The molecule has 0 fully saturated rings. The van der Waals surface area contributed by atoms with Crippen molar-refractivity contribution in [3.8, 4) is 5.75 Å². The summed E-state index contributed by atoms with van der Waals surface area (Å²) in [4.78, 5) is 30.6. The van der Waals surface area contributed by atoms with Gasteiger partial charge in [-0.2, -0.15) is 5.10 Å². The van der Waals surface area contributed by atoms with Crippen molar-refractivity contribution in [2.45, 2.75) is 12.1 Å². The molecule has 10 heteroatoms. The lowest BCUT2D eigenvalue weighted by molar-refractivity contribution is -0.132. The van der Waals surface area contributed by atoms with Crippen LogP contribution in [0, 0.1) is 0 Å². The monoisotopic (exact) mass is 524 g/mol. The summed E-state index contributed by atoms with van der Waals surface area (Å²) in [5.41, 5.74) is 4.97. The average molecular weight is 526 g/mol. The topological polar surface area (TPSA) is 96.4 Å². The van der Waals surface area contributed by atoms with Crippen LogP contribution in [0.3, 0.4) is 0 Å². The summed E-state index contributed by atoms with van der Waals surface area (Å²) in [5, 5.41) is 4.63. The number of imidazole rings is 1. The number of H-pyrrole nitrogens is 1. The molecular weight excluding hydrogens is 512 g/mol. The molecule has 2 N–H and O–H groups in total. The number of carbonyl (C=O) groups is 2. The summed E-state index contributed by atoms with van der Waals surface area (Å²) >= 11 is 7.98. The van der Waals surface area contributed by atoms with Gasteiger partial charge < -0.3 is 9.72 Å². The van der Waals surface area contributed by atoms with Crippen LogP contribution in [0.5, 0.6) is 5.75 Å². The van der Waals surface area contributed by atoms with E-state index in [0.717, 1.165) is 11.0 Å². The lowest BCUT2D eigenvalue weighted by Crippen LogP contribution is -2.19. The van der Waals surface area contributed by atoms with Crippen molar-refractivity contribution in [3.63, 3.8) is 0 Å². The first-order chi connectivity index (χ1) is 13.4. The second-order valence-corrected chi connectivity index (χ2v) is 8.22. The number of benzene rings is 2. The number of esters is 1. The Balaban J connectivity index is 1.55. The number of halogens is 2. The second kappa shape index (κ2) is 9.35. The van der Waals surface area contributed by atoms with E-state index in [4.69, 9.17) is 4.74 Å². The quantitative estimate of drug-likeness (QED) is 0.165. The maximum atomic E-state index is 12.0. The summed E-state index contributed by atoms with van der Waals surface area (Å²) in [5.74, 6) is -0.111. The van der Waals surface area contributed by atoms with E-state index in [-0.39, 0.29) is 11.7 Å². The molecule has 0 bridgehead atoms. The van der Waals surface area contributed by atoms with E-state index in [1.54, 1.807) is 12.1 Å². The highest BCUT2D eigenvalue weighted by atomic mass is 79.9. The zero-order valence-corrected chi connectivity index (χ0v) is 18.5. The molecule has 0 unspecified atom stereocenters. The number of rotatable bonds is 6. The van der Waals surface area contributed by atoms with Crippen molar-refractivity contribution in [2.75, 3.05) is 5.75 Å². The minimum Gasteiger partial charge on any atom is -0.424 e. The molecular formula is C18H14Br2N4O3S. The van der Waals surface area contributed by atoms with E-state index in [1.165, 1.54) is 24.9 Å². The predicted molar refractivity (Wildman–Crippen MR) is 116 cm³/mol. The van der Waals surface area contributed by atoms with Crippen LogP contribution in [-0.4, -0.2) is 33.8 Å². The van der Waals surface area contributed by atoms with Crippen molar-refractivity contribution in [2.24, 2.45) is 5.10 Å². The normalized spacial score (nSPS) is 11.1. The minimum absolute atomic E-state index is 0.177. The highest BCUT2D eigenvalue weighted by molar-refractivity contribution is 9.11. The molecule has 0 radical (unpaired) electrons. The van der Waals surface area contributed by atoms with Crippen LogP contribution in [0.25, 0.3) is 11.0 Å². The van der Waals surface area contributed by atoms with Gasteiger partial charge in [-0.05, 0) is 61.7 Å². The number of hydrazone groups is 1. The molecule has 0 aliphatic rings. The van der Waals surface area contributed by atoms with Gasteiger partial charge in [0.15, 0.2) is 10.9 Å². The van der Waals surface area contributed by atoms with Gasteiger partial charge in [-0.25, -0.2) is 10.4 Å². The minimum atomic E-state index is -0.419. The summed E-state index contributed by atoms with van der Waals surface area (Å²) in [6.07, 6.45) is 1.50. The first-order valence-electron chi connectivity index (χ1n) is 7.99. The fourth-order valence-corrected chi connectivity index (χ4v) is 4.30. The fraction of sp³-hybridized carbons (Fsp3) is 0.111. The Morgan fingerprint density at radius 3 is 2.68 bits per heavy atom. The largest absolute Gasteiger partial charge is 0.424 e. The summed E-state index contributed by atoms with van der Waals surface area (Å²) in [6.45, 7) is 1.33. The average Bonchev–Trinajstić information content (AvgIpc) is 3.06. The van der Waals surface area contributed by atoms with Gasteiger partial charge in [0.2, 0.25) is 0 Å². The number of aromatic nitrogens is 2. The number of hydrogen-bond donors (Lipinski definition) is 2. The van der Waals surface area contributed by atoms with Crippen molar-refractivity contribution >= 4 is 72.7 Å². The molecule has 1 heterocycles. The number of nitrogens with one attached hydrogen (secondary N) is 2. The predicted octanol–water partition coefficient (Wildman–Crippen LogP) is 4.26. The molecule has 0 aliphatic heterocycles. The maximum absolute atomic E-state index is 12.0. The fourth-order valence-electron chi connectivity index (χ4n) is 2.24. The number of carbonyl (C=O) groups excluding carboxylic acids is 2. The molecule has 7 nitrogen and oxygen atoms in total. The van der Waals surface area contributed by atoms with Gasteiger partial charge in [0, 0.05) is 6.92 Å².